The Bertz CT molecular complexity index is 1530. The largest absolute Gasteiger partial charge is 0.488 e. The molecule has 1 atom stereocenters. The van der Waals surface area contributed by atoms with E-state index in [-0.39, 0.29) is 6.10 Å². The van der Waals surface area contributed by atoms with Crippen molar-refractivity contribution in [1.82, 2.24) is 24.9 Å². The molecule has 218 valence electrons. The first kappa shape index (κ1) is 28.7. The van der Waals surface area contributed by atoms with E-state index < -0.39 is 11.4 Å². The number of anilines is 3. The van der Waals surface area contributed by atoms with Gasteiger partial charge in [0.1, 0.15) is 11.9 Å². The Labute approximate surface area is 245 Å². The third-order valence-corrected chi connectivity index (χ3v) is 6.98. The normalized spacial score (nSPS) is 15.2. The zero-order valence-electron chi connectivity index (χ0n) is 24.0. The summed E-state index contributed by atoms with van der Waals surface area (Å²) in [7, 11) is 0. The standard InChI is InChI=1S/C31H35N7O4/c1-4-41-25-11-6-13-33-28(25)42-23-10-7-15-38(20-23)27-19-32-18-26(36-27)37-30-34-14-12-24(35-30)22-9-5-8-21(16-22)17-31(2,3)29(39)40/h5-6,8-9,11-14,16,18-19,23H,4,7,10,15,17,20H2,1-3H3,(H,39,40)(H,34,35,36,37). The van der Waals surface area contributed by atoms with Crippen LogP contribution >= 0.6 is 0 Å². The summed E-state index contributed by atoms with van der Waals surface area (Å²) in [6, 6.07) is 13.3. The molecule has 0 spiro atoms. The smallest absolute Gasteiger partial charge is 0.309 e. The van der Waals surface area contributed by atoms with E-state index in [2.05, 4.69) is 30.2 Å². The highest BCUT2D eigenvalue weighted by Gasteiger charge is 2.27. The summed E-state index contributed by atoms with van der Waals surface area (Å²) in [6.45, 7) is 7.39. The number of pyridine rings is 1. The van der Waals surface area contributed by atoms with E-state index >= 15 is 0 Å². The maximum atomic E-state index is 11.6. The number of ether oxygens (including phenoxy) is 2. The van der Waals surface area contributed by atoms with Crippen molar-refractivity contribution in [2.75, 3.05) is 29.9 Å². The van der Waals surface area contributed by atoms with Crippen LogP contribution in [0, 0.1) is 5.41 Å². The number of carboxylic acids is 1. The minimum Gasteiger partial charge on any atom is -0.488 e. The lowest BCUT2D eigenvalue weighted by molar-refractivity contribution is -0.146. The molecule has 0 saturated carbocycles. The van der Waals surface area contributed by atoms with Crippen LogP contribution < -0.4 is 19.7 Å². The summed E-state index contributed by atoms with van der Waals surface area (Å²) in [4.78, 5) is 36.3. The molecule has 42 heavy (non-hydrogen) atoms. The average Bonchev–Trinajstić information content (AvgIpc) is 2.99. The second-order valence-corrected chi connectivity index (χ2v) is 10.8. The SMILES string of the molecule is CCOc1cccnc1OC1CCCN(c2cncc(Nc3nccc(-c4cccc(CC(C)(C)C(=O)O)c4)n3)n2)C1. The summed E-state index contributed by atoms with van der Waals surface area (Å²) in [5.41, 5.74) is 1.64. The Morgan fingerprint density at radius 2 is 2.00 bits per heavy atom. The Morgan fingerprint density at radius 3 is 2.83 bits per heavy atom. The van der Waals surface area contributed by atoms with Gasteiger partial charge in [0.05, 0.1) is 36.7 Å². The number of benzene rings is 1. The van der Waals surface area contributed by atoms with E-state index in [4.69, 9.17) is 14.5 Å². The average molecular weight is 570 g/mol. The lowest BCUT2D eigenvalue weighted by atomic mass is 9.85. The number of aliphatic carboxylic acids is 1. The van der Waals surface area contributed by atoms with Crippen LogP contribution in [0.25, 0.3) is 11.3 Å². The van der Waals surface area contributed by atoms with Crippen molar-refractivity contribution in [2.24, 2.45) is 5.41 Å². The molecule has 11 heteroatoms. The maximum Gasteiger partial charge on any atom is 0.309 e. The van der Waals surface area contributed by atoms with Crippen LogP contribution in [0.5, 0.6) is 11.6 Å². The molecule has 1 aliphatic rings. The second-order valence-electron chi connectivity index (χ2n) is 10.8. The molecule has 4 heterocycles. The summed E-state index contributed by atoms with van der Waals surface area (Å²) in [5.74, 6) is 1.94. The van der Waals surface area contributed by atoms with Crippen LogP contribution in [0.4, 0.5) is 17.6 Å². The van der Waals surface area contributed by atoms with Gasteiger partial charge in [0.2, 0.25) is 5.95 Å². The molecule has 0 bridgehead atoms. The molecule has 0 aliphatic carbocycles. The Morgan fingerprint density at radius 1 is 1.12 bits per heavy atom. The summed E-state index contributed by atoms with van der Waals surface area (Å²) >= 11 is 0. The van der Waals surface area contributed by atoms with Gasteiger partial charge in [-0.3, -0.25) is 9.78 Å². The van der Waals surface area contributed by atoms with Crippen LogP contribution in [-0.4, -0.2) is 61.8 Å². The molecule has 3 aromatic heterocycles. The third kappa shape index (κ3) is 7.09. The molecular weight excluding hydrogens is 534 g/mol. The van der Waals surface area contributed by atoms with Gasteiger partial charge in [-0.25, -0.2) is 19.9 Å². The summed E-state index contributed by atoms with van der Waals surface area (Å²) in [5, 5.41) is 12.7. The first-order chi connectivity index (χ1) is 20.3. The minimum absolute atomic E-state index is 0.0666. The third-order valence-electron chi connectivity index (χ3n) is 6.98. The van der Waals surface area contributed by atoms with Gasteiger partial charge < -0.3 is 24.8 Å². The predicted molar refractivity (Wildman–Crippen MR) is 159 cm³/mol. The Hall–Kier alpha value is -4.80. The van der Waals surface area contributed by atoms with E-state index in [1.165, 1.54) is 0 Å². The van der Waals surface area contributed by atoms with E-state index in [0.717, 1.165) is 36.3 Å². The quantitative estimate of drug-likeness (QED) is 0.247. The van der Waals surface area contributed by atoms with Crippen molar-refractivity contribution < 1.29 is 19.4 Å². The highest BCUT2D eigenvalue weighted by Crippen LogP contribution is 2.29. The number of hydrogen-bond donors (Lipinski definition) is 2. The van der Waals surface area contributed by atoms with E-state index in [9.17, 15) is 9.90 Å². The van der Waals surface area contributed by atoms with Gasteiger partial charge >= 0.3 is 5.97 Å². The number of piperidine rings is 1. The minimum atomic E-state index is -0.869. The molecule has 2 N–H and O–H groups in total. The molecule has 11 nitrogen and oxygen atoms in total. The fourth-order valence-electron chi connectivity index (χ4n) is 4.82. The fourth-order valence-corrected chi connectivity index (χ4v) is 4.82. The molecule has 0 radical (unpaired) electrons. The van der Waals surface area contributed by atoms with Gasteiger partial charge in [-0.05, 0) is 69.9 Å². The fraction of sp³-hybridized carbons (Fsp3) is 0.355. The molecule has 1 aromatic carbocycles. The van der Waals surface area contributed by atoms with Gasteiger partial charge in [-0.2, -0.15) is 0 Å². The highest BCUT2D eigenvalue weighted by molar-refractivity contribution is 5.74. The summed E-state index contributed by atoms with van der Waals surface area (Å²) in [6.07, 6.45) is 8.93. The monoisotopic (exact) mass is 569 g/mol. The maximum absolute atomic E-state index is 11.6. The van der Waals surface area contributed by atoms with Crippen LogP contribution in [0.2, 0.25) is 0 Å². The van der Waals surface area contributed by atoms with Crippen molar-refractivity contribution in [3.63, 3.8) is 0 Å². The van der Waals surface area contributed by atoms with Crippen molar-refractivity contribution >= 4 is 23.6 Å². The Balaban J connectivity index is 1.27. The van der Waals surface area contributed by atoms with Gasteiger partial charge in [-0.15, -0.1) is 0 Å². The van der Waals surface area contributed by atoms with Gasteiger partial charge in [0.25, 0.3) is 5.88 Å². The summed E-state index contributed by atoms with van der Waals surface area (Å²) < 4.78 is 11.9. The molecule has 1 fully saturated rings. The number of aromatic nitrogens is 5. The highest BCUT2D eigenvalue weighted by atomic mass is 16.5. The zero-order valence-corrected chi connectivity index (χ0v) is 24.0. The molecule has 1 unspecified atom stereocenters. The van der Waals surface area contributed by atoms with E-state index in [0.29, 0.717) is 48.7 Å². The Kier molecular flexibility index (Phi) is 8.75. The number of carbonyl (C=O) groups is 1. The first-order valence-electron chi connectivity index (χ1n) is 14.0. The van der Waals surface area contributed by atoms with E-state index in [1.807, 2.05) is 49.4 Å². The molecule has 1 aliphatic heterocycles. The van der Waals surface area contributed by atoms with Crippen LogP contribution in [-0.2, 0) is 11.2 Å². The van der Waals surface area contributed by atoms with Gasteiger partial charge in [0.15, 0.2) is 11.6 Å². The molecule has 0 amide bonds. The predicted octanol–water partition coefficient (Wildman–Crippen LogP) is 5.17. The number of nitrogens with zero attached hydrogens (tertiary/aromatic N) is 6. The molecule has 1 saturated heterocycles. The first-order valence-corrected chi connectivity index (χ1v) is 14.0. The number of rotatable bonds is 11. The lowest BCUT2D eigenvalue weighted by Crippen LogP contribution is -2.41. The lowest BCUT2D eigenvalue weighted by Gasteiger charge is -2.33. The molecular formula is C31H35N7O4. The number of carboxylic acid groups (broad SMARTS) is 1. The van der Waals surface area contributed by atoms with Gasteiger partial charge in [-0.1, -0.05) is 18.2 Å². The topological polar surface area (TPSA) is 135 Å². The number of nitrogens with one attached hydrogen (secondary N) is 1. The van der Waals surface area contributed by atoms with Crippen molar-refractivity contribution in [3.05, 3.63) is 72.8 Å². The van der Waals surface area contributed by atoms with Crippen molar-refractivity contribution in [3.8, 4) is 22.9 Å². The number of hydrogen-bond acceptors (Lipinski definition) is 10. The van der Waals surface area contributed by atoms with E-state index in [1.54, 1.807) is 38.6 Å². The van der Waals surface area contributed by atoms with Crippen LogP contribution in [0.1, 0.15) is 39.2 Å². The molecule has 4 aromatic rings. The van der Waals surface area contributed by atoms with Crippen LogP contribution in [0.15, 0.2) is 67.3 Å². The van der Waals surface area contributed by atoms with Crippen LogP contribution in [0.3, 0.4) is 0 Å². The zero-order chi connectivity index (χ0) is 29.5. The van der Waals surface area contributed by atoms with Gasteiger partial charge in [0, 0.05) is 24.5 Å². The second kappa shape index (κ2) is 12.8. The molecule has 5 rings (SSSR count). The van der Waals surface area contributed by atoms with Crippen molar-refractivity contribution in [2.45, 2.75) is 46.1 Å². The van der Waals surface area contributed by atoms with Crippen molar-refractivity contribution in [1.29, 1.82) is 0 Å².